The highest BCUT2D eigenvalue weighted by molar-refractivity contribution is 5.58. The van der Waals surface area contributed by atoms with Crippen LogP contribution in [0.1, 0.15) is 47.1 Å². The molecule has 0 heterocycles. The number of hydrogen-bond acceptors (Lipinski definition) is 1. The molecule has 0 aliphatic heterocycles. The number of rotatable bonds is 1. The van der Waals surface area contributed by atoms with Crippen LogP contribution in [0.5, 0.6) is 5.75 Å². The second-order valence-corrected chi connectivity index (χ2v) is 7.79. The minimum absolute atomic E-state index is 0.295. The number of hydrogen-bond donors (Lipinski definition) is 0. The predicted octanol–water partition coefficient (Wildman–Crippen LogP) is 4.82. The normalized spacial score (nSPS) is 30.3. The van der Waals surface area contributed by atoms with Gasteiger partial charge in [-0.25, -0.2) is 0 Å². The molecule has 0 unspecified atom stereocenters. The molecule has 2 aromatic rings. The van der Waals surface area contributed by atoms with E-state index in [9.17, 15) is 0 Å². The fourth-order valence-corrected chi connectivity index (χ4v) is 6.05. The molecule has 0 saturated heterocycles. The topological polar surface area (TPSA) is 9.23 Å². The summed E-state index contributed by atoms with van der Waals surface area (Å²) in [6, 6.07) is 14.1. The quantitative estimate of drug-likeness (QED) is 0.734. The lowest BCUT2D eigenvalue weighted by atomic mass is 9.59. The molecule has 1 saturated carbocycles. The lowest BCUT2D eigenvalue weighted by Gasteiger charge is -2.43. The molecule has 0 aromatic heterocycles. The second kappa shape index (κ2) is 4.63. The number of benzene rings is 2. The lowest BCUT2D eigenvalue weighted by molar-refractivity contribution is 0.176. The van der Waals surface area contributed by atoms with Crippen LogP contribution >= 0.6 is 0 Å². The van der Waals surface area contributed by atoms with Crippen molar-refractivity contribution in [3.63, 3.8) is 0 Å². The summed E-state index contributed by atoms with van der Waals surface area (Å²) in [6.45, 7) is 2.23. The van der Waals surface area contributed by atoms with Crippen LogP contribution in [0, 0.1) is 18.8 Å². The summed E-state index contributed by atoms with van der Waals surface area (Å²) in [6.07, 6.45) is 6.67. The van der Waals surface area contributed by atoms with Gasteiger partial charge in [-0.15, -0.1) is 0 Å². The van der Waals surface area contributed by atoms with E-state index in [0.29, 0.717) is 5.41 Å². The molecule has 3 atom stereocenters. The third-order valence-corrected chi connectivity index (χ3v) is 6.79. The molecule has 0 radical (unpaired) electrons. The lowest BCUT2D eigenvalue weighted by Crippen LogP contribution is -2.40. The summed E-state index contributed by atoms with van der Waals surface area (Å²) in [5.74, 6) is 2.59. The Morgan fingerprint density at radius 3 is 2.26 bits per heavy atom. The molecular weight excluding hydrogens is 280 g/mol. The van der Waals surface area contributed by atoms with Gasteiger partial charge in [-0.3, -0.25) is 0 Å². The third kappa shape index (κ3) is 1.63. The van der Waals surface area contributed by atoms with Crippen molar-refractivity contribution in [2.45, 2.75) is 44.4 Å². The van der Waals surface area contributed by atoms with E-state index in [0.717, 1.165) is 17.6 Å². The van der Waals surface area contributed by atoms with Crippen molar-refractivity contribution >= 4 is 0 Å². The first kappa shape index (κ1) is 13.7. The van der Waals surface area contributed by atoms with Crippen molar-refractivity contribution in [3.8, 4) is 5.75 Å². The Balaban J connectivity index is 1.77. The number of aryl methyl sites for hydroxylation is 1. The molecule has 1 fully saturated rings. The smallest absolute Gasteiger partial charge is 0.119 e. The van der Waals surface area contributed by atoms with Crippen LogP contribution in [0.25, 0.3) is 0 Å². The molecule has 3 aliphatic carbocycles. The average Bonchev–Trinajstić information content (AvgIpc) is 3.06. The van der Waals surface area contributed by atoms with Gasteiger partial charge in [0.25, 0.3) is 0 Å². The average molecular weight is 304 g/mol. The van der Waals surface area contributed by atoms with E-state index < -0.39 is 0 Å². The maximum atomic E-state index is 5.49. The first-order valence-corrected chi connectivity index (χ1v) is 9.01. The van der Waals surface area contributed by atoms with Gasteiger partial charge in [0.15, 0.2) is 0 Å². The summed E-state index contributed by atoms with van der Waals surface area (Å²) in [4.78, 5) is 0. The Labute approximate surface area is 138 Å². The molecule has 118 valence electrons. The maximum Gasteiger partial charge on any atom is 0.119 e. The Morgan fingerprint density at radius 1 is 0.913 bits per heavy atom. The van der Waals surface area contributed by atoms with Crippen LogP contribution in [0.4, 0.5) is 0 Å². The van der Waals surface area contributed by atoms with E-state index in [4.69, 9.17) is 4.74 Å². The Bertz CT molecular complexity index is 791. The van der Waals surface area contributed by atoms with Crippen LogP contribution in [0.15, 0.2) is 36.4 Å². The zero-order chi connectivity index (χ0) is 15.6. The fourth-order valence-electron chi connectivity index (χ4n) is 6.05. The van der Waals surface area contributed by atoms with E-state index in [1.165, 1.54) is 43.2 Å². The predicted molar refractivity (Wildman–Crippen MR) is 93.2 cm³/mol. The molecule has 1 heteroatoms. The summed E-state index contributed by atoms with van der Waals surface area (Å²) >= 11 is 0. The fraction of sp³-hybridized carbons (Fsp3) is 0.455. The molecule has 1 spiro atoms. The van der Waals surface area contributed by atoms with Gasteiger partial charge in [0.1, 0.15) is 5.75 Å². The van der Waals surface area contributed by atoms with Crippen molar-refractivity contribution < 1.29 is 4.74 Å². The SMILES string of the molecule is COc1ccc2c(c1)C[C@@H]1CCC[C@H]3Cc4cc(C)ccc4[C@]231. The van der Waals surface area contributed by atoms with Gasteiger partial charge in [0.05, 0.1) is 7.11 Å². The van der Waals surface area contributed by atoms with Crippen LogP contribution in [-0.4, -0.2) is 7.11 Å². The first-order valence-electron chi connectivity index (χ1n) is 9.01. The zero-order valence-corrected chi connectivity index (χ0v) is 14.1. The Morgan fingerprint density at radius 2 is 1.57 bits per heavy atom. The highest BCUT2D eigenvalue weighted by Crippen LogP contribution is 2.62. The summed E-state index contributed by atoms with van der Waals surface area (Å²) in [7, 11) is 1.78. The van der Waals surface area contributed by atoms with Gasteiger partial charge in [-0.05, 0) is 78.8 Å². The monoisotopic (exact) mass is 304 g/mol. The van der Waals surface area contributed by atoms with Crippen LogP contribution < -0.4 is 4.74 Å². The van der Waals surface area contributed by atoms with Gasteiger partial charge in [-0.1, -0.05) is 36.2 Å². The number of methoxy groups -OCH3 is 1. The minimum atomic E-state index is 0.295. The third-order valence-electron chi connectivity index (χ3n) is 6.79. The van der Waals surface area contributed by atoms with E-state index >= 15 is 0 Å². The van der Waals surface area contributed by atoms with Gasteiger partial charge in [-0.2, -0.15) is 0 Å². The van der Waals surface area contributed by atoms with Gasteiger partial charge >= 0.3 is 0 Å². The van der Waals surface area contributed by atoms with Crippen LogP contribution in [0.3, 0.4) is 0 Å². The van der Waals surface area contributed by atoms with Crippen molar-refractivity contribution in [1.29, 1.82) is 0 Å². The number of ether oxygens (including phenoxy) is 1. The van der Waals surface area contributed by atoms with Crippen molar-refractivity contribution in [1.82, 2.24) is 0 Å². The molecule has 5 rings (SSSR count). The second-order valence-electron chi connectivity index (χ2n) is 7.79. The minimum Gasteiger partial charge on any atom is -0.497 e. The van der Waals surface area contributed by atoms with Crippen molar-refractivity contribution in [2.75, 3.05) is 7.11 Å². The van der Waals surface area contributed by atoms with E-state index in [1.807, 2.05) is 0 Å². The van der Waals surface area contributed by atoms with Crippen molar-refractivity contribution in [2.24, 2.45) is 11.8 Å². The number of fused-ring (bicyclic) bond motifs is 2. The molecule has 1 nitrogen and oxygen atoms in total. The van der Waals surface area contributed by atoms with Gasteiger partial charge < -0.3 is 4.74 Å². The molecule has 3 aliphatic rings. The first-order chi connectivity index (χ1) is 11.2. The summed E-state index contributed by atoms with van der Waals surface area (Å²) in [5.41, 5.74) is 8.10. The molecule has 0 bridgehead atoms. The van der Waals surface area contributed by atoms with Gasteiger partial charge in [0, 0.05) is 5.41 Å². The summed E-state index contributed by atoms with van der Waals surface area (Å²) < 4.78 is 5.49. The van der Waals surface area contributed by atoms with Crippen molar-refractivity contribution in [3.05, 3.63) is 64.2 Å². The molecule has 0 N–H and O–H groups in total. The Kier molecular flexibility index (Phi) is 2.75. The molecule has 2 aromatic carbocycles. The van der Waals surface area contributed by atoms with Crippen LogP contribution in [-0.2, 0) is 18.3 Å². The molecule has 0 amide bonds. The van der Waals surface area contributed by atoms with E-state index in [1.54, 1.807) is 23.8 Å². The standard InChI is InChI=1S/C22H24O/c1-14-6-8-20-15(10-14)11-17-4-3-5-18-12-16-13-19(23-2)7-9-21(16)22(17,18)20/h6-10,13,17-18H,3-5,11-12H2,1-2H3/t17-,18-,22-/m0/s1. The largest absolute Gasteiger partial charge is 0.497 e. The van der Waals surface area contributed by atoms with E-state index in [-0.39, 0.29) is 0 Å². The van der Waals surface area contributed by atoms with Crippen LogP contribution in [0.2, 0.25) is 0 Å². The Hall–Kier alpha value is -1.76. The van der Waals surface area contributed by atoms with E-state index in [2.05, 4.69) is 43.3 Å². The summed E-state index contributed by atoms with van der Waals surface area (Å²) in [5, 5.41) is 0. The highest BCUT2D eigenvalue weighted by Gasteiger charge is 2.57. The highest BCUT2D eigenvalue weighted by atomic mass is 16.5. The molecule has 23 heavy (non-hydrogen) atoms. The zero-order valence-electron chi connectivity index (χ0n) is 14.1. The van der Waals surface area contributed by atoms with Gasteiger partial charge in [0.2, 0.25) is 0 Å². The molecular formula is C22H24O. The maximum absolute atomic E-state index is 5.49.